The van der Waals surface area contributed by atoms with Gasteiger partial charge in [0.15, 0.2) is 0 Å². The molecule has 0 aliphatic heterocycles. The van der Waals surface area contributed by atoms with Crippen molar-refractivity contribution in [1.82, 2.24) is 4.98 Å². The number of nitrogens with one attached hydrogen (secondary N) is 1. The van der Waals surface area contributed by atoms with Gasteiger partial charge in [0.25, 0.3) is 6.01 Å². The van der Waals surface area contributed by atoms with Crippen LogP contribution in [0.4, 0.5) is 6.01 Å². The van der Waals surface area contributed by atoms with E-state index in [0.29, 0.717) is 6.01 Å². The molecule has 2 heterocycles. The lowest BCUT2D eigenvalue weighted by Crippen LogP contribution is -1.86. The van der Waals surface area contributed by atoms with Crippen LogP contribution in [0, 0.1) is 13.8 Å². The van der Waals surface area contributed by atoms with Crippen LogP contribution in [0.3, 0.4) is 0 Å². The monoisotopic (exact) mass is 208 g/mol. The Labute approximate surface area is 86.8 Å². The van der Waals surface area contributed by atoms with Crippen molar-refractivity contribution in [1.29, 1.82) is 0 Å². The van der Waals surface area contributed by atoms with Crippen LogP contribution in [0.25, 0.3) is 10.6 Å². The summed E-state index contributed by atoms with van der Waals surface area (Å²) in [6.45, 7) is 4.02. The fraction of sp³-hybridized carbons (Fsp3) is 0.300. The van der Waals surface area contributed by atoms with E-state index in [0.717, 1.165) is 11.5 Å². The number of anilines is 1. The van der Waals surface area contributed by atoms with E-state index < -0.39 is 0 Å². The van der Waals surface area contributed by atoms with Crippen LogP contribution in [0.2, 0.25) is 0 Å². The van der Waals surface area contributed by atoms with Gasteiger partial charge in [-0.25, -0.2) is 0 Å². The zero-order valence-electron chi connectivity index (χ0n) is 8.42. The van der Waals surface area contributed by atoms with Crippen molar-refractivity contribution in [2.75, 3.05) is 12.4 Å². The van der Waals surface area contributed by atoms with Gasteiger partial charge in [-0.2, -0.15) is 4.98 Å². The minimum absolute atomic E-state index is 0.574. The number of hydrogen-bond acceptors (Lipinski definition) is 4. The Balaban J connectivity index is 2.51. The summed E-state index contributed by atoms with van der Waals surface area (Å²) in [7, 11) is 1.80. The highest BCUT2D eigenvalue weighted by molar-refractivity contribution is 7.13. The molecule has 0 atom stereocenters. The Morgan fingerprint density at radius 3 is 2.71 bits per heavy atom. The van der Waals surface area contributed by atoms with Crippen LogP contribution in [-0.2, 0) is 0 Å². The first-order chi connectivity index (χ1) is 6.72. The number of oxazole rings is 1. The normalized spacial score (nSPS) is 10.5. The smallest absolute Gasteiger partial charge is 0.295 e. The number of rotatable bonds is 2. The van der Waals surface area contributed by atoms with Gasteiger partial charge >= 0.3 is 0 Å². The summed E-state index contributed by atoms with van der Waals surface area (Å²) < 4.78 is 5.43. The van der Waals surface area contributed by atoms with Crippen molar-refractivity contribution in [2.24, 2.45) is 0 Å². The predicted octanol–water partition coefficient (Wildman–Crippen LogP) is 3.06. The molecule has 0 radical (unpaired) electrons. The van der Waals surface area contributed by atoms with Gasteiger partial charge in [-0.3, -0.25) is 0 Å². The van der Waals surface area contributed by atoms with E-state index >= 15 is 0 Å². The van der Waals surface area contributed by atoms with Crippen molar-refractivity contribution in [3.8, 4) is 10.6 Å². The molecular formula is C10H12N2OS. The molecular weight excluding hydrogens is 196 g/mol. The fourth-order valence-corrected chi connectivity index (χ4v) is 2.29. The van der Waals surface area contributed by atoms with Crippen LogP contribution < -0.4 is 5.32 Å². The molecule has 0 bridgehead atoms. The third-order valence-corrected chi connectivity index (χ3v) is 3.11. The zero-order chi connectivity index (χ0) is 10.1. The second-order valence-corrected chi connectivity index (χ2v) is 4.02. The standard InChI is InChI=1S/C10H12N2OS/c1-6-4-5-14-9(6)8-7(2)13-10(11-3)12-8/h4-5H,1-3H3,(H,11,12). The van der Waals surface area contributed by atoms with Crippen molar-refractivity contribution in [2.45, 2.75) is 13.8 Å². The summed E-state index contributed by atoms with van der Waals surface area (Å²) in [5, 5.41) is 4.96. The molecule has 0 aromatic carbocycles. The first kappa shape index (κ1) is 9.27. The van der Waals surface area contributed by atoms with Gasteiger partial charge in [-0.15, -0.1) is 11.3 Å². The molecule has 4 heteroatoms. The molecule has 0 aliphatic rings. The number of nitrogens with zero attached hydrogens (tertiary/aromatic N) is 1. The zero-order valence-corrected chi connectivity index (χ0v) is 9.23. The average molecular weight is 208 g/mol. The van der Waals surface area contributed by atoms with Gasteiger partial charge in [0.05, 0.1) is 4.88 Å². The lowest BCUT2D eigenvalue weighted by atomic mass is 10.2. The van der Waals surface area contributed by atoms with Gasteiger partial charge in [0.1, 0.15) is 11.5 Å². The van der Waals surface area contributed by atoms with Crippen molar-refractivity contribution in [3.05, 3.63) is 22.8 Å². The molecule has 0 amide bonds. The molecule has 2 aromatic rings. The second kappa shape index (κ2) is 3.46. The highest BCUT2D eigenvalue weighted by Crippen LogP contribution is 2.32. The molecule has 0 saturated carbocycles. The molecule has 3 nitrogen and oxygen atoms in total. The summed E-state index contributed by atoms with van der Waals surface area (Å²) >= 11 is 1.69. The van der Waals surface area contributed by atoms with Gasteiger partial charge in [-0.1, -0.05) is 0 Å². The molecule has 0 saturated heterocycles. The first-order valence-electron chi connectivity index (χ1n) is 4.42. The summed E-state index contributed by atoms with van der Waals surface area (Å²) in [6, 6.07) is 2.66. The predicted molar refractivity (Wildman–Crippen MR) is 58.8 cm³/mol. The van der Waals surface area contributed by atoms with Crippen LogP contribution >= 0.6 is 11.3 Å². The maximum atomic E-state index is 5.43. The van der Waals surface area contributed by atoms with Gasteiger partial charge in [-0.05, 0) is 30.9 Å². The molecule has 1 N–H and O–H groups in total. The highest BCUT2D eigenvalue weighted by atomic mass is 32.1. The Morgan fingerprint density at radius 1 is 1.43 bits per heavy atom. The Kier molecular flexibility index (Phi) is 2.29. The van der Waals surface area contributed by atoms with E-state index in [4.69, 9.17) is 4.42 Å². The summed E-state index contributed by atoms with van der Waals surface area (Å²) in [5.74, 6) is 0.861. The summed E-state index contributed by atoms with van der Waals surface area (Å²) in [5.41, 5.74) is 2.19. The van der Waals surface area contributed by atoms with Gasteiger partial charge < -0.3 is 9.73 Å². The largest absolute Gasteiger partial charge is 0.428 e. The van der Waals surface area contributed by atoms with Crippen LogP contribution in [-0.4, -0.2) is 12.0 Å². The fourth-order valence-electron chi connectivity index (χ4n) is 1.33. The molecule has 0 fully saturated rings. The van der Waals surface area contributed by atoms with E-state index in [9.17, 15) is 0 Å². The van der Waals surface area contributed by atoms with Crippen molar-refractivity contribution in [3.63, 3.8) is 0 Å². The van der Waals surface area contributed by atoms with E-state index in [1.54, 1.807) is 18.4 Å². The van der Waals surface area contributed by atoms with E-state index in [-0.39, 0.29) is 0 Å². The average Bonchev–Trinajstić information content (AvgIpc) is 2.72. The summed E-state index contributed by atoms with van der Waals surface area (Å²) in [6.07, 6.45) is 0. The highest BCUT2D eigenvalue weighted by Gasteiger charge is 2.13. The molecule has 0 spiro atoms. The van der Waals surface area contributed by atoms with Crippen molar-refractivity contribution >= 4 is 17.4 Å². The van der Waals surface area contributed by atoms with Gasteiger partial charge in [0, 0.05) is 7.05 Å². The topological polar surface area (TPSA) is 38.1 Å². The number of aryl methyl sites for hydroxylation is 2. The van der Waals surface area contributed by atoms with Gasteiger partial charge in [0.2, 0.25) is 0 Å². The number of hydrogen-bond donors (Lipinski definition) is 1. The molecule has 0 aliphatic carbocycles. The third-order valence-electron chi connectivity index (χ3n) is 2.09. The minimum atomic E-state index is 0.574. The Morgan fingerprint density at radius 2 is 2.21 bits per heavy atom. The number of aromatic nitrogens is 1. The first-order valence-corrected chi connectivity index (χ1v) is 5.30. The quantitative estimate of drug-likeness (QED) is 0.824. The molecule has 0 unspecified atom stereocenters. The van der Waals surface area contributed by atoms with Crippen LogP contribution in [0.5, 0.6) is 0 Å². The van der Waals surface area contributed by atoms with E-state index in [1.165, 1.54) is 10.4 Å². The van der Waals surface area contributed by atoms with Crippen LogP contribution in [0.15, 0.2) is 15.9 Å². The minimum Gasteiger partial charge on any atom is -0.428 e. The van der Waals surface area contributed by atoms with Crippen molar-refractivity contribution < 1.29 is 4.42 Å². The van der Waals surface area contributed by atoms with E-state index in [1.807, 2.05) is 6.92 Å². The molecule has 2 aromatic heterocycles. The SMILES string of the molecule is CNc1nc(-c2sccc2C)c(C)o1. The molecule has 74 valence electrons. The Hall–Kier alpha value is -1.29. The van der Waals surface area contributed by atoms with E-state index in [2.05, 4.69) is 28.7 Å². The number of thiophene rings is 1. The lowest BCUT2D eigenvalue weighted by molar-refractivity contribution is 0.544. The molecule has 14 heavy (non-hydrogen) atoms. The third kappa shape index (κ3) is 1.42. The Bertz CT molecular complexity index is 445. The molecule has 2 rings (SSSR count). The van der Waals surface area contributed by atoms with Crippen LogP contribution in [0.1, 0.15) is 11.3 Å². The lowest BCUT2D eigenvalue weighted by Gasteiger charge is -1.93. The maximum Gasteiger partial charge on any atom is 0.295 e. The summed E-state index contributed by atoms with van der Waals surface area (Å²) in [4.78, 5) is 5.55. The second-order valence-electron chi connectivity index (χ2n) is 3.11. The maximum absolute atomic E-state index is 5.43.